The van der Waals surface area contributed by atoms with Gasteiger partial charge >= 0.3 is 0 Å². The third-order valence-corrected chi connectivity index (χ3v) is 4.44. The molecule has 1 aromatic carbocycles. The van der Waals surface area contributed by atoms with Crippen molar-refractivity contribution in [3.8, 4) is 5.75 Å². The van der Waals surface area contributed by atoms with E-state index in [4.69, 9.17) is 4.74 Å². The van der Waals surface area contributed by atoms with E-state index in [1.165, 1.54) is 31.2 Å². The van der Waals surface area contributed by atoms with Gasteiger partial charge in [0.25, 0.3) is 0 Å². The van der Waals surface area contributed by atoms with Crippen molar-refractivity contribution in [1.82, 2.24) is 5.32 Å². The first-order chi connectivity index (χ1) is 9.66. The van der Waals surface area contributed by atoms with E-state index < -0.39 is 0 Å². The van der Waals surface area contributed by atoms with Crippen molar-refractivity contribution in [3.05, 3.63) is 29.8 Å². The maximum absolute atomic E-state index is 5.80. The summed E-state index contributed by atoms with van der Waals surface area (Å²) >= 11 is 0. The Hall–Kier alpha value is -1.02. The molecule has 2 rings (SSSR count). The van der Waals surface area contributed by atoms with Crippen molar-refractivity contribution in [2.75, 3.05) is 13.2 Å². The standard InChI is InChI=1S/C18H29NO/c1-14(2)16-8-10-17(11-9-16)20-13-12-19-18-7-5-4-6-15(18)3/h8-11,14-15,18-19H,4-7,12-13H2,1-3H3. The third kappa shape index (κ3) is 4.52. The number of hydrogen-bond acceptors (Lipinski definition) is 2. The molecule has 2 heteroatoms. The fraction of sp³-hybridized carbons (Fsp3) is 0.667. The first kappa shape index (κ1) is 15.4. The molecule has 0 radical (unpaired) electrons. The van der Waals surface area contributed by atoms with Crippen molar-refractivity contribution in [3.63, 3.8) is 0 Å². The molecule has 2 atom stereocenters. The van der Waals surface area contributed by atoms with Crippen LogP contribution in [0, 0.1) is 5.92 Å². The van der Waals surface area contributed by atoms with Gasteiger partial charge in [-0.25, -0.2) is 0 Å². The molecule has 0 heterocycles. The Kier molecular flexibility index (Phi) is 5.90. The van der Waals surface area contributed by atoms with Gasteiger partial charge in [0.1, 0.15) is 12.4 Å². The van der Waals surface area contributed by atoms with E-state index in [1.54, 1.807) is 0 Å². The molecule has 1 saturated carbocycles. The average Bonchev–Trinajstić information content (AvgIpc) is 2.46. The molecule has 0 amide bonds. The Balaban J connectivity index is 1.67. The summed E-state index contributed by atoms with van der Waals surface area (Å²) < 4.78 is 5.80. The first-order valence-electron chi connectivity index (χ1n) is 8.13. The second-order valence-electron chi connectivity index (χ2n) is 6.39. The number of ether oxygens (including phenoxy) is 1. The second-order valence-corrected chi connectivity index (χ2v) is 6.39. The molecule has 1 aliphatic rings. The number of nitrogens with one attached hydrogen (secondary N) is 1. The van der Waals surface area contributed by atoms with Crippen molar-refractivity contribution in [2.45, 2.75) is 58.4 Å². The van der Waals surface area contributed by atoms with Gasteiger partial charge < -0.3 is 10.1 Å². The van der Waals surface area contributed by atoms with Gasteiger partial charge in [-0.1, -0.05) is 45.7 Å². The summed E-state index contributed by atoms with van der Waals surface area (Å²) in [4.78, 5) is 0. The zero-order valence-electron chi connectivity index (χ0n) is 13.2. The first-order valence-corrected chi connectivity index (χ1v) is 8.13. The molecule has 0 aromatic heterocycles. The topological polar surface area (TPSA) is 21.3 Å². The molecular formula is C18H29NO. The van der Waals surface area contributed by atoms with E-state index in [1.807, 2.05) is 0 Å². The lowest BCUT2D eigenvalue weighted by atomic mass is 9.86. The van der Waals surface area contributed by atoms with Crippen molar-refractivity contribution < 1.29 is 4.74 Å². The third-order valence-electron chi connectivity index (χ3n) is 4.44. The van der Waals surface area contributed by atoms with E-state index in [2.05, 4.69) is 50.4 Å². The summed E-state index contributed by atoms with van der Waals surface area (Å²) in [5, 5.41) is 3.65. The molecule has 0 saturated heterocycles. The molecule has 2 unspecified atom stereocenters. The fourth-order valence-electron chi connectivity index (χ4n) is 2.98. The normalized spacial score (nSPS) is 23.0. The van der Waals surface area contributed by atoms with Crippen LogP contribution in [-0.4, -0.2) is 19.2 Å². The lowest BCUT2D eigenvalue weighted by Gasteiger charge is -2.29. The monoisotopic (exact) mass is 275 g/mol. The zero-order valence-corrected chi connectivity index (χ0v) is 13.2. The molecule has 2 nitrogen and oxygen atoms in total. The van der Waals surface area contributed by atoms with E-state index in [-0.39, 0.29) is 0 Å². The largest absolute Gasteiger partial charge is 0.492 e. The average molecular weight is 275 g/mol. The lowest BCUT2D eigenvalue weighted by molar-refractivity contribution is 0.251. The van der Waals surface area contributed by atoms with Crippen LogP contribution in [0.3, 0.4) is 0 Å². The minimum Gasteiger partial charge on any atom is -0.492 e. The minimum absolute atomic E-state index is 0.582. The second kappa shape index (κ2) is 7.68. The Morgan fingerprint density at radius 2 is 1.85 bits per heavy atom. The Morgan fingerprint density at radius 1 is 1.15 bits per heavy atom. The van der Waals surface area contributed by atoms with E-state index in [0.29, 0.717) is 12.0 Å². The van der Waals surface area contributed by atoms with Crippen LogP contribution in [0.4, 0.5) is 0 Å². The molecule has 0 bridgehead atoms. The SMILES string of the molecule is CC(C)c1ccc(OCCNC2CCCCC2C)cc1. The van der Waals surface area contributed by atoms with Crippen molar-refractivity contribution in [2.24, 2.45) is 5.92 Å². The lowest BCUT2D eigenvalue weighted by Crippen LogP contribution is -2.39. The van der Waals surface area contributed by atoms with Gasteiger partial charge in [0.15, 0.2) is 0 Å². The molecule has 1 aromatic rings. The van der Waals surface area contributed by atoms with Crippen LogP contribution in [0.1, 0.15) is 57.9 Å². The molecule has 1 aliphatic carbocycles. The molecule has 1 fully saturated rings. The smallest absolute Gasteiger partial charge is 0.119 e. The highest BCUT2D eigenvalue weighted by Crippen LogP contribution is 2.23. The highest BCUT2D eigenvalue weighted by Gasteiger charge is 2.20. The summed E-state index contributed by atoms with van der Waals surface area (Å²) in [6, 6.07) is 9.18. The Bertz CT molecular complexity index is 385. The number of hydrogen-bond donors (Lipinski definition) is 1. The highest BCUT2D eigenvalue weighted by atomic mass is 16.5. The molecule has 112 valence electrons. The summed E-state index contributed by atoms with van der Waals surface area (Å²) in [5.41, 5.74) is 1.37. The van der Waals surface area contributed by atoms with Crippen LogP contribution in [0.5, 0.6) is 5.75 Å². The van der Waals surface area contributed by atoms with Gasteiger partial charge in [0.2, 0.25) is 0 Å². The number of benzene rings is 1. The predicted molar refractivity (Wildman–Crippen MR) is 85.4 cm³/mol. The van der Waals surface area contributed by atoms with Gasteiger partial charge in [0.05, 0.1) is 0 Å². The molecule has 0 spiro atoms. The highest BCUT2D eigenvalue weighted by molar-refractivity contribution is 5.28. The fourth-order valence-corrected chi connectivity index (χ4v) is 2.98. The Labute approximate surface area is 123 Å². The molecule has 1 N–H and O–H groups in total. The van der Waals surface area contributed by atoms with Crippen LogP contribution in [0.15, 0.2) is 24.3 Å². The van der Waals surface area contributed by atoms with Gasteiger partial charge in [-0.2, -0.15) is 0 Å². The maximum Gasteiger partial charge on any atom is 0.119 e. The van der Waals surface area contributed by atoms with Gasteiger partial charge in [-0.3, -0.25) is 0 Å². The summed E-state index contributed by atoms with van der Waals surface area (Å²) in [5.74, 6) is 2.38. The van der Waals surface area contributed by atoms with Crippen molar-refractivity contribution >= 4 is 0 Å². The van der Waals surface area contributed by atoms with Crippen LogP contribution in [0.2, 0.25) is 0 Å². The zero-order chi connectivity index (χ0) is 14.4. The van der Waals surface area contributed by atoms with Crippen LogP contribution in [-0.2, 0) is 0 Å². The van der Waals surface area contributed by atoms with Crippen molar-refractivity contribution in [1.29, 1.82) is 0 Å². The predicted octanol–water partition coefficient (Wildman–Crippen LogP) is 4.36. The van der Waals surface area contributed by atoms with Crippen LogP contribution in [0.25, 0.3) is 0 Å². The van der Waals surface area contributed by atoms with E-state index in [0.717, 1.165) is 24.8 Å². The van der Waals surface area contributed by atoms with E-state index >= 15 is 0 Å². The summed E-state index contributed by atoms with van der Waals surface area (Å²) in [6.45, 7) is 8.49. The molecule has 0 aliphatic heterocycles. The molecule has 20 heavy (non-hydrogen) atoms. The van der Waals surface area contributed by atoms with Gasteiger partial charge in [-0.05, 0) is 42.4 Å². The van der Waals surface area contributed by atoms with Gasteiger partial charge in [-0.15, -0.1) is 0 Å². The van der Waals surface area contributed by atoms with E-state index in [9.17, 15) is 0 Å². The number of rotatable bonds is 6. The maximum atomic E-state index is 5.80. The minimum atomic E-state index is 0.582. The summed E-state index contributed by atoms with van der Waals surface area (Å²) in [6.07, 6.45) is 5.47. The Morgan fingerprint density at radius 3 is 2.50 bits per heavy atom. The summed E-state index contributed by atoms with van der Waals surface area (Å²) in [7, 11) is 0. The van der Waals surface area contributed by atoms with Crippen LogP contribution < -0.4 is 10.1 Å². The van der Waals surface area contributed by atoms with Gasteiger partial charge in [0, 0.05) is 12.6 Å². The molecular weight excluding hydrogens is 246 g/mol. The quantitative estimate of drug-likeness (QED) is 0.779. The van der Waals surface area contributed by atoms with Crippen LogP contribution >= 0.6 is 0 Å².